The average molecular weight is 455 g/mol. The summed E-state index contributed by atoms with van der Waals surface area (Å²) in [6.45, 7) is 6.58. The molecule has 0 saturated heterocycles. The minimum atomic E-state index is -0.865. The molecule has 8 rings (SSSR count). The van der Waals surface area contributed by atoms with Crippen LogP contribution in [0.3, 0.4) is 0 Å². The van der Waals surface area contributed by atoms with Gasteiger partial charge in [-0.25, -0.2) is 4.79 Å². The third kappa shape index (κ3) is 2.28. The number of benzene rings is 2. The lowest BCUT2D eigenvalue weighted by Gasteiger charge is -2.45. The Kier molecular flexibility index (Phi) is 3.75. The summed E-state index contributed by atoms with van der Waals surface area (Å²) in [6, 6.07) is 4.64. The minimum Gasteiger partial charge on any atom is -0.456 e. The van der Waals surface area contributed by atoms with E-state index in [0.717, 1.165) is 92.9 Å². The first kappa shape index (κ1) is 19.4. The number of carbonyl (C=O) groups is 1. The molecule has 0 atom stereocenters. The van der Waals surface area contributed by atoms with Crippen LogP contribution in [0.25, 0.3) is 0 Å². The molecular formula is C29H30N2O3. The van der Waals surface area contributed by atoms with Crippen LogP contribution in [0, 0.1) is 0 Å². The van der Waals surface area contributed by atoms with Crippen LogP contribution in [-0.2, 0) is 40.8 Å². The summed E-state index contributed by atoms with van der Waals surface area (Å²) in [7, 11) is 0. The lowest BCUT2D eigenvalue weighted by molar-refractivity contribution is -0.144. The Balaban J connectivity index is 1.46. The van der Waals surface area contributed by atoms with Crippen LogP contribution in [0.15, 0.2) is 23.8 Å². The molecule has 6 aliphatic heterocycles. The molecule has 0 bridgehead atoms. The summed E-state index contributed by atoms with van der Waals surface area (Å²) in [5, 5.41) is 0. The van der Waals surface area contributed by atoms with Crippen LogP contribution in [0.1, 0.15) is 66.0 Å². The lowest BCUT2D eigenvalue weighted by atomic mass is 9.73. The van der Waals surface area contributed by atoms with E-state index in [9.17, 15) is 4.79 Å². The van der Waals surface area contributed by atoms with Gasteiger partial charge in [0.15, 0.2) is 5.60 Å². The number of hydrogen-bond acceptors (Lipinski definition) is 5. The number of nitrogens with zero attached hydrogens (tertiary/aromatic N) is 2. The van der Waals surface area contributed by atoms with Crippen molar-refractivity contribution in [3.8, 4) is 11.5 Å². The molecule has 0 radical (unpaired) electrons. The number of rotatable bonds is 0. The van der Waals surface area contributed by atoms with Gasteiger partial charge in [0.25, 0.3) is 0 Å². The SMILES string of the molecule is CC1=CC(=O)OC12c1cc3c4c(c1Oc1c2cc2c5c1CCCN5CCC2)CCCN4CCC3. The molecular weight excluding hydrogens is 424 g/mol. The van der Waals surface area contributed by atoms with Crippen LogP contribution >= 0.6 is 0 Å². The maximum Gasteiger partial charge on any atom is 0.332 e. The fourth-order valence-electron chi connectivity index (χ4n) is 7.74. The standard InChI is InChI=1S/C29H30N2O3/c1-17-14-24(32)34-29(17)22-15-18-6-2-10-30-12-4-8-20(25(18)30)27(22)33-28-21-9-5-13-31-11-3-7-19(26(21)31)16-23(28)29/h14-16H,2-13H2,1H3. The van der Waals surface area contributed by atoms with Crippen LogP contribution in [0.2, 0.25) is 0 Å². The van der Waals surface area contributed by atoms with E-state index in [1.165, 1.54) is 46.5 Å². The van der Waals surface area contributed by atoms with E-state index in [2.05, 4.69) is 28.9 Å². The van der Waals surface area contributed by atoms with Crippen molar-refractivity contribution in [2.75, 3.05) is 36.0 Å². The molecule has 1 spiro atoms. The van der Waals surface area contributed by atoms with Crippen molar-refractivity contribution >= 4 is 17.3 Å². The van der Waals surface area contributed by atoms with Crippen LogP contribution in [0.4, 0.5) is 11.4 Å². The molecule has 0 N–H and O–H groups in total. The number of anilines is 2. The zero-order chi connectivity index (χ0) is 22.6. The lowest BCUT2D eigenvalue weighted by Crippen LogP contribution is -2.40. The summed E-state index contributed by atoms with van der Waals surface area (Å²) < 4.78 is 13.4. The van der Waals surface area contributed by atoms with E-state index in [0.29, 0.717) is 0 Å². The number of ether oxygens (including phenoxy) is 2. The summed E-state index contributed by atoms with van der Waals surface area (Å²) in [5.74, 6) is 1.69. The maximum absolute atomic E-state index is 12.8. The van der Waals surface area contributed by atoms with Gasteiger partial charge in [-0.15, -0.1) is 0 Å². The monoisotopic (exact) mass is 454 g/mol. The van der Waals surface area contributed by atoms with Gasteiger partial charge in [-0.2, -0.15) is 0 Å². The van der Waals surface area contributed by atoms with Gasteiger partial charge in [-0.05, 0) is 87.1 Å². The number of hydrogen-bond donors (Lipinski definition) is 0. The quantitative estimate of drug-likeness (QED) is 0.528. The highest BCUT2D eigenvalue weighted by Gasteiger charge is 2.53. The number of carbonyl (C=O) groups excluding carboxylic acids is 1. The second-order valence-corrected chi connectivity index (χ2v) is 10.9. The van der Waals surface area contributed by atoms with E-state index in [-0.39, 0.29) is 5.97 Å². The molecule has 34 heavy (non-hydrogen) atoms. The Morgan fingerprint density at radius 3 is 1.74 bits per heavy atom. The van der Waals surface area contributed by atoms with Crippen molar-refractivity contribution < 1.29 is 14.3 Å². The average Bonchev–Trinajstić information content (AvgIpc) is 3.15. The molecule has 0 fully saturated rings. The molecule has 0 aliphatic carbocycles. The Morgan fingerprint density at radius 1 is 0.765 bits per heavy atom. The van der Waals surface area contributed by atoms with Gasteiger partial charge in [0.1, 0.15) is 11.5 Å². The van der Waals surface area contributed by atoms with Crippen LogP contribution in [-0.4, -0.2) is 32.1 Å². The summed E-state index contributed by atoms with van der Waals surface area (Å²) in [6.07, 6.45) is 10.6. The van der Waals surface area contributed by atoms with E-state index < -0.39 is 5.60 Å². The molecule has 174 valence electrons. The normalized spacial score (nSPS) is 22.9. The molecule has 2 aromatic rings. The molecule has 0 saturated carbocycles. The largest absolute Gasteiger partial charge is 0.456 e. The van der Waals surface area contributed by atoms with Crippen LogP contribution in [0.5, 0.6) is 11.5 Å². The van der Waals surface area contributed by atoms with Crippen LogP contribution < -0.4 is 14.5 Å². The fourth-order valence-corrected chi connectivity index (χ4v) is 7.74. The third-order valence-corrected chi connectivity index (χ3v) is 9.05. The van der Waals surface area contributed by atoms with Gasteiger partial charge < -0.3 is 19.3 Å². The predicted molar refractivity (Wildman–Crippen MR) is 131 cm³/mol. The molecule has 6 aliphatic rings. The first-order valence-corrected chi connectivity index (χ1v) is 13.1. The molecule has 5 heteroatoms. The van der Waals surface area contributed by atoms with Crippen molar-refractivity contribution in [1.82, 2.24) is 0 Å². The first-order chi connectivity index (χ1) is 16.6. The van der Waals surface area contributed by atoms with Gasteiger partial charge in [0.05, 0.1) is 0 Å². The van der Waals surface area contributed by atoms with E-state index in [4.69, 9.17) is 9.47 Å². The van der Waals surface area contributed by atoms with Crippen molar-refractivity contribution in [2.45, 2.75) is 63.9 Å². The van der Waals surface area contributed by atoms with Crippen molar-refractivity contribution in [1.29, 1.82) is 0 Å². The van der Waals surface area contributed by atoms with Crippen molar-refractivity contribution in [2.24, 2.45) is 0 Å². The van der Waals surface area contributed by atoms with E-state index in [1.807, 2.05) is 0 Å². The van der Waals surface area contributed by atoms with E-state index in [1.54, 1.807) is 6.08 Å². The molecule has 6 heterocycles. The van der Waals surface area contributed by atoms with Crippen molar-refractivity contribution in [3.63, 3.8) is 0 Å². The topological polar surface area (TPSA) is 42.0 Å². The predicted octanol–water partition coefficient (Wildman–Crippen LogP) is 4.94. The van der Waals surface area contributed by atoms with E-state index >= 15 is 0 Å². The molecule has 0 aromatic heterocycles. The Bertz CT molecular complexity index is 1240. The Labute approximate surface area is 200 Å². The van der Waals surface area contributed by atoms with Gasteiger partial charge >= 0.3 is 5.97 Å². The highest BCUT2D eigenvalue weighted by molar-refractivity contribution is 5.90. The number of fused-ring (bicyclic) bond motifs is 6. The minimum absolute atomic E-state index is 0.239. The highest BCUT2D eigenvalue weighted by Crippen LogP contribution is 2.60. The zero-order valence-corrected chi connectivity index (χ0v) is 19.8. The molecule has 0 unspecified atom stereocenters. The van der Waals surface area contributed by atoms with Gasteiger partial charge in [-0.1, -0.05) is 0 Å². The maximum atomic E-state index is 12.8. The third-order valence-electron chi connectivity index (χ3n) is 9.05. The molecule has 5 nitrogen and oxygen atoms in total. The molecule has 0 amide bonds. The van der Waals surface area contributed by atoms with Gasteiger partial charge in [0, 0.05) is 65.9 Å². The number of aryl methyl sites for hydroxylation is 2. The first-order valence-electron chi connectivity index (χ1n) is 13.1. The second kappa shape index (κ2) is 6.59. The number of esters is 1. The molecule has 2 aromatic carbocycles. The fraction of sp³-hybridized carbons (Fsp3) is 0.483. The van der Waals surface area contributed by atoms with Gasteiger partial charge in [0.2, 0.25) is 0 Å². The summed E-state index contributed by atoms with van der Waals surface area (Å²) >= 11 is 0. The smallest absolute Gasteiger partial charge is 0.332 e. The second-order valence-electron chi connectivity index (χ2n) is 10.9. The van der Waals surface area contributed by atoms with Gasteiger partial charge in [-0.3, -0.25) is 0 Å². The highest BCUT2D eigenvalue weighted by atomic mass is 16.6. The van der Waals surface area contributed by atoms with Crippen molar-refractivity contribution in [3.05, 3.63) is 57.2 Å². The Morgan fingerprint density at radius 2 is 1.26 bits per heavy atom. The summed E-state index contributed by atoms with van der Waals surface area (Å²) in [5.41, 5.74) is 10.5. The zero-order valence-electron chi connectivity index (χ0n) is 19.8. The summed E-state index contributed by atoms with van der Waals surface area (Å²) in [4.78, 5) is 17.9. The Hall–Kier alpha value is -2.95.